The lowest BCUT2D eigenvalue weighted by atomic mass is 10.1. The summed E-state index contributed by atoms with van der Waals surface area (Å²) in [4.78, 5) is 39.3. The molecule has 0 aliphatic rings. The summed E-state index contributed by atoms with van der Waals surface area (Å²) in [5, 5.41) is 3.70. The number of nitrogens with one attached hydrogen (secondary N) is 1. The molecular formula is C31H40N5O6P. The van der Waals surface area contributed by atoms with Gasteiger partial charge in [-0.2, -0.15) is 0 Å². The van der Waals surface area contributed by atoms with E-state index in [1.54, 1.807) is 19.1 Å². The molecule has 0 atom stereocenters. The number of imidazole rings is 1. The largest absolute Gasteiger partial charge is 0.524 e. The third-order valence-electron chi connectivity index (χ3n) is 7.10. The smallest absolute Gasteiger partial charge is 0.404 e. The molecule has 5 N–H and O–H groups in total. The Balaban J connectivity index is 1.58. The molecule has 0 aliphatic carbocycles. The highest BCUT2D eigenvalue weighted by Crippen LogP contribution is 2.39. The molecule has 2 aromatic carbocycles. The summed E-state index contributed by atoms with van der Waals surface area (Å²) in [6.07, 6.45) is 6.43. The summed E-state index contributed by atoms with van der Waals surface area (Å²) in [5.41, 5.74) is 11.5. The lowest BCUT2D eigenvalue weighted by Crippen LogP contribution is -2.22. The van der Waals surface area contributed by atoms with Gasteiger partial charge in [-0.3, -0.25) is 14.6 Å². The van der Waals surface area contributed by atoms with Crippen LogP contribution in [0, 0.1) is 6.92 Å². The second kappa shape index (κ2) is 14.6. The van der Waals surface area contributed by atoms with Crippen molar-refractivity contribution in [3.05, 3.63) is 71.6 Å². The predicted molar refractivity (Wildman–Crippen MR) is 168 cm³/mol. The zero-order chi connectivity index (χ0) is 31.0. The van der Waals surface area contributed by atoms with E-state index in [9.17, 15) is 19.1 Å². The summed E-state index contributed by atoms with van der Waals surface area (Å²) < 4.78 is 24.1. The Labute approximate surface area is 251 Å². The molecule has 0 bridgehead atoms. The van der Waals surface area contributed by atoms with E-state index in [1.165, 1.54) is 6.08 Å². The number of pyridine rings is 1. The molecule has 4 rings (SSSR count). The first-order chi connectivity index (χ1) is 20.6. The van der Waals surface area contributed by atoms with E-state index in [-0.39, 0.29) is 11.7 Å². The molecule has 0 aliphatic heterocycles. The van der Waals surface area contributed by atoms with Crippen LogP contribution in [0.4, 0.5) is 5.82 Å². The monoisotopic (exact) mass is 609 g/mol. The topological polar surface area (TPSA) is 162 Å². The number of anilines is 1. The Kier molecular flexibility index (Phi) is 10.9. The minimum Gasteiger partial charge on any atom is -0.404 e. The Morgan fingerprint density at radius 1 is 1.09 bits per heavy atom. The third kappa shape index (κ3) is 8.64. The van der Waals surface area contributed by atoms with Crippen molar-refractivity contribution in [3.8, 4) is 5.75 Å². The minimum atomic E-state index is -4.66. The number of fused-ring (bicyclic) bond motifs is 3. The average molecular weight is 610 g/mol. The Bertz CT molecular complexity index is 1650. The minimum absolute atomic E-state index is 0.144. The van der Waals surface area contributed by atoms with Crippen molar-refractivity contribution in [2.24, 2.45) is 0 Å². The normalized spacial score (nSPS) is 11.7. The number of phosphoric acid groups is 1. The first kappa shape index (κ1) is 32.2. The molecule has 43 heavy (non-hydrogen) atoms. The Morgan fingerprint density at radius 3 is 2.58 bits per heavy atom. The van der Waals surface area contributed by atoms with E-state index < -0.39 is 7.82 Å². The van der Waals surface area contributed by atoms with Gasteiger partial charge >= 0.3 is 7.82 Å². The number of hydrogen-bond acceptors (Lipinski definition) is 7. The molecule has 2 aromatic heterocycles. The number of unbranched alkanes of at least 4 members (excludes halogenated alkanes) is 1. The fraction of sp³-hybridized carbons (Fsp3) is 0.387. The molecule has 1 amide bonds. The second-order valence-corrected chi connectivity index (χ2v) is 11.7. The number of carbonyl (C=O) groups excluding carboxylic acids is 1. The van der Waals surface area contributed by atoms with Crippen molar-refractivity contribution in [1.29, 1.82) is 0 Å². The molecule has 12 heteroatoms. The second-order valence-electron chi connectivity index (χ2n) is 10.5. The molecule has 2 heterocycles. The first-order valence-corrected chi connectivity index (χ1v) is 16.0. The van der Waals surface area contributed by atoms with Crippen LogP contribution >= 0.6 is 7.82 Å². The number of hydrogen-bond donors (Lipinski definition) is 4. The molecule has 230 valence electrons. The highest BCUT2D eigenvalue weighted by Gasteiger charge is 2.20. The molecule has 0 fully saturated rings. The summed E-state index contributed by atoms with van der Waals surface area (Å²) in [5.74, 6) is 1.26. The van der Waals surface area contributed by atoms with Gasteiger partial charge in [-0.15, -0.1) is 0 Å². The van der Waals surface area contributed by atoms with E-state index in [0.29, 0.717) is 43.2 Å². The SMILES string of the molecule is C=CC(=O)NCCCOCCCc1ccc2nc(N)c3nc(CCCC)n(Cc4ccc(OP(=O)(O)O)c(C)c4)c3c2c1. The Morgan fingerprint density at radius 2 is 1.86 bits per heavy atom. The Hall–Kier alpha value is -3.76. The van der Waals surface area contributed by atoms with Crippen molar-refractivity contribution >= 4 is 41.5 Å². The van der Waals surface area contributed by atoms with Gasteiger partial charge < -0.3 is 24.9 Å². The van der Waals surface area contributed by atoms with E-state index in [1.807, 2.05) is 12.1 Å². The zero-order valence-corrected chi connectivity index (χ0v) is 25.6. The van der Waals surface area contributed by atoms with Gasteiger partial charge in [0.1, 0.15) is 17.1 Å². The number of aromatic nitrogens is 3. The number of aryl methyl sites for hydroxylation is 3. The van der Waals surface area contributed by atoms with Gasteiger partial charge in [0.25, 0.3) is 0 Å². The van der Waals surface area contributed by atoms with Crippen LogP contribution in [0.5, 0.6) is 5.75 Å². The molecule has 4 aromatic rings. The van der Waals surface area contributed by atoms with Gasteiger partial charge in [-0.05, 0) is 73.6 Å². The third-order valence-corrected chi connectivity index (χ3v) is 7.54. The highest BCUT2D eigenvalue weighted by atomic mass is 31.2. The summed E-state index contributed by atoms with van der Waals surface area (Å²) in [6, 6.07) is 11.5. The number of rotatable bonds is 16. The predicted octanol–water partition coefficient (Wildman–Crippen LogP) is 4.98. The maximum absolute atomic E-state index is 11.4. The fourth-order valence-electron chi connectivity index (χ4n) is 5.02. The van der Waals surface area contributed by atoms with Crippen LogP contribution in [-0.4, -0.2) is 50.0 Å². The zero-order valence-electron chi connectivity index (χ0n) is 24.7. The fourth-order valence-corrected chi connectivity index (χ4v) is 5.48. The van der Waals surface area contributed by atoms with E-state index >= 15 is 0 Å². The number of amides is 1. The van der Waals surface area contributed by atoms with Gasteiger partial charge in [0, 0.05) is 38.1 Å². The van der Waals surface area contributed by atoms with Gasteiger partial charge in [0.15, 0.2) is 5.82 Å². The summed E-state index contributed by atoms with van der Waals surface area (Å²) in [7, 11) is -4.66. The molecular weight excluding hydrogens is 569 g/mol. The molecule has 0 radical (unpaired) electrons. The van der Waals surface area contributed by atoms with Crippen molar-refractivity contribution in [1.82, 2.24) is 19.9 Å². The number of nitrogens with zero attached hydrogens (tertiary/aromatic N) is 3. The molecule has 0 spiro atoms. The van der Waals surface area contributed by atoms with Crippen molar-refractivity contribution in [2.75, 3.05) is 25.5 Å². The number of nitrogens with two attached hydrogens (primary N) is 1. The van der Waals surface area contributed by atoms with Crippen molar-refractivity contribution in [2.45, 2.75) is 58.9 Å². The molecule has 0 saturated heterocycles. The van der Waals surface area contributed by atoms with Crippen LogP contribution in [0.2, 0.25) is 0 Å². The van der Waals surface area contributed by atoms with Crippen LogP contribution < -0.4 is 15.6 Å². The summed E-state index contributed by atoms with van der Waals surface area (Å²) in [6.45, 7) is 9.57. The number of phosphoric ester groups is 1. The van der Waals surface area contributed by atoms with Gasteiger partial charge in [-0.1, -0.05) is 38.1 Å². The first-order valence-electron chi connectivity index (χ1n) is 14.5. The number of ether oxygens (including phenoxy) is 1. The van der Waals surface area contributed by atoms with Crippen molar-refractivity contribution in [3.63, 3.8) is 0 Å². The lowest BCUT2D eigenvalue weighted by Gasteiger charge is -2.14. The van der Waals surface area contributed by atoms with Crippen LogP contribution in [0.1, 0.15) is 55.1 Å². The molecule has 0 unspecified atom stereocenters. The van der Waals surface area contributed by atoms with E-state index in [4.69, 9.17) is 20.0 Å². The van der Waals surface area contributed by atoms with Crippen LogP contribution in [0.25, 0.3) is 21.9 Å². The maximum Gasteiger partial charge on any atom is 0.524 e. The lowest BCUT2D eigenvalue weighted by molar-refractivity contribution is -0.116. The molecule has 0 saturated carbocycles. The highest BCUT2D eigenvalue weighted by molar-refractivity contribution is 7.46. The van der Waals surface area contributed by atoms with Gasteiger partial charge in [0.2, 0.25) is 5.91 Å². The summed E-state index contributed by atoms with van der Waals surface area (Å²) >= 11 is 0. The van der Waals surface area contributed by atoms with Gasteiger partial charge in [-0.25, -0.2) is 14.5 Å². The molecule has 11 nitrogen and oxygen atoms in total. The average Bonchev–Trinajstić information content (AvgIpc) is 3.33. The quantitative estimate of drug-likeness (QED) is 0.0780. The number of benzene rings is 2. The van der Waals surface area contributed by atoms with E-state index in [2.05, 4.69) is 40.5 Å². The van der Waals surface area contributed by atoms with Gasteiger partial charge in [0.05, 0.1) is 11.0 Å². The van der Waals surface area contributed by atoms with Crippen LogP contribution in [-0.2, 0) is 33.5 Å². The number of nitrogen functional groups attached to an aromatic ring is 1. The number of carbonyl (C=O) groups is 1. The van der Waals surface area contributed by atoms with Crippen LogP contribution in [0.15, 0.2) is 49.1 Å². The maximum atomic E-state index is 11.4. The standard InChI is InChI=1S/C31H40N5O6P/c1-4-6-10-27-35-29-30(36(27)20-23-12-14-26(21(3)18-23)42-43(38,39)40)24-19-22(11-13-25(24)34-31(29)32)9-7-16-41-17-8-15-33-28(37)5-2/h5,11-14,18-19H,2,4,6-10,15-17,20H2,1,3H3,(H2,32,34)(H,33,37)(H2,38,39,40). The van der Waals surface area contributed by atoms with Crippen molar-refractivity contribution < 1.29 is 28.4 Å². The van der Waals surface area contributed by atoms with Crippen LogP contribution in [0.3, 0.4) is 0 Å². The van der Waals surface area contributed by atoms with E-state index in [0.717, 1.165) is 71.9 Å².